The third-order valence-electron chi connectivity index (χ3n) is 4.55. The summed E-state index contributed by atoms with van der Waals surface area (Å²) >= 11 is 0. The molecule has 2 heteroatoms. The van der Waals surface area contributed by atoms with Crippen LogP contribution in [0.25, 0.3) is 16.7 Å². The molecule has 0 radical (unpaired) electrons. The molecule has 2 nitrogen and oxygen atoms in total. The molecule has 0 unspecified atom stereocenters. The topological polar surface area (TPSA) is 43.1 Å². The average Bonchev–Trinajstić information content (AvgIpc) is 2.63. The van der Waals surface area contributed by atoms with Gasteiger partial charge in [0.05, 0.1) is 0 Å². The van der Waals surface area contributed by atoms with Crippen LogP contribution in [0.1, 0.15) is 34.0 Å². The molecule has 116 valence electrons. The molecule has 0 aliphatic heterocycles. The molecule has 0 heterocycles. The number of ketones is 1. The van der Waals surface area contributed by atoms with Gasteiger partial charge >= 0.3 is 0 Å². The largest absolute Gasteiger partial charge is 0.399 e. The molecule has 3 aromatic carbocycles. The number of benzene rings is 3. The lowest BCUT2D eigenvalue weighted by molar-refractivity contribution is 0.103. The highest BCUT2D eigenvalue weighted by Gasteiger charge is 2.26. The predicted molar refractivity (Wildman–Crippen MR) is 98.9 cm³/mol. The van der Waals surface area contributed by atoms with Crippen LogP contribution in [0.4, 0.5) is 5.69 Å². The Morgan fingerprint density at radius 3 is 2.08 bits per heavy atom. The molecule has 1 aliphatic carbocycles. The van der Waals surface area contributed by atoms with Crippen LogP contribution in [0.3, 0.4) is 0 Å². The van der Waals surface area contributed by atoms with Crippen molar-refractivity contribution in [3.05, 3.63) is 95.1 Å². The minimum Gasteiger partial charge on any atom is -0.399 e. The van der Waals surface area contributed by atoms with E-state index in [9.17, 15) is 4.79 Å². The third kappa shape index (κ3) is 2.16. The van der Waals surface area contributed by atoms with Crippen LogP contribution in [0.2, 0.25) is 0 Å². The number of nitrogen functional groups attached to an aromatic ring is 1. The maximum Gasteiger partial charge on any atom is 0.194 e. The molecule has 0 fully saturated rings. The van der Waals surface area contributed by atoms with Crippen LogP contribution < -0.4 is 5.73 Å². The number of allylic oxidation sites excluding steroid dienone is 1. The molecule has 0 amide bonds. The number of hydrogen-bond acceptors (Lipinski definition) is 2. The summed E-state index contributed by atoms with van der Waals surface area (Å²) in [6.07, 6.45) is 2.08. The minimum absolute atomic E-state index is 0.0866. The quantitative estimate of drug-likeness (QED) is 0.506. The third-order valence-corrected chi connectivity index (χ3v) is 4.55. The van der Waals surface area contributed by atoms with Crippen molar-refractivity contribution in [3.63, 3.8) is 0 Å². The van der Waals surface area contributed by atoms with Gasteiger partial charge in [-0.3, -0.25) is 4.79 Å². The minimum atomic E-state index is 0.0866. The average molecular weight is 311 g/mol. The molecular weight excluding hydrogens is 294 g/mol. The lowest BCUT2D eigenvalue weighted by Gasteiger charge is -2.22. The SMILES string of the molecule is CC=C1c2ccccc2C(=O)c2cc(-c3ccc(N)cc3)ccc21. The van der Waals surface area contributed by atoms with Crippen molar-refractivity contribution in [2.75, 3.05) is 5.73 Å². The molecule has 0 atom stereocenters. The summed E-state index contributed by atoms with van der Waals surface area (Å²) in [5.41, 5.74) is 13.2. The number of carbonyl (C=O) groups is 1. The summed E-state index contributed by atoms with van der Waals surface area (Å²) < 4.78 is 0. The van der Waals surface area contributed by atoms with Crippen LogP contribution >= 0.6 is 0 Å². The molecular formula is C22H17NO. The molecule has 0 aromatic heterocycles. The Labute approximate surface area is 141 Å². The number of fused-ring (bicyclic) bond motifs is 2. The van der Waals surface area contributed by atoms with Gasteiger partial charge in [0.1, 0.15) is 0 Å². The van der Waals surface area contributed by atoms with Gasteiger partial charge in [-0.05, 0) is 52.9 Å². The maximum absolute atomic E-state index is 13.0. The van der Waals surface area contributed by atoms with E-state index in [4.69, 9.17) is 5.73 Å². The first-order valence-corrected chi connectivity index (χ1v) is 8.00. The first kappa shape index (κ1) is 14.5. The van der Waals surface area contributed by atoms with Crippen molar-refractivity contribution in [3.8, 4) is 11.1 Å². The van der Waals surface area contributed by atoms with E-state index in [1.807, 2.05) is 67.6 Å². The van der Waals surface area contributed by atoms with Gasteiger partial charge in [-0.2, -0.15) is 0 Å². The highest BCUT2D eigenvalue weighted by atomic mass is 16.1. The van der Waals surface area contributed by atoms with Crippen LogP contribution in [-0.2, 0) is 0 Å². The Kier molecular flexibility index (Phi) is 3.31. The summed E-state index contributed by atoms with van der Waals surface area (Å²) in [6.45, 7) is 2.01. The second kappa shape index (κ2) is 5.50. The van der Waals surface area contributed by atoms with Gasteiger partial charge in [0, 0.05) is 16.8 Å². The van der Waals surface area contributed by atoms with Crippen LogP contribution in [0.5, 0.6) is 0 Å². The second-order valence-electron chi connectivity index (χ2n) is 5.96. The van der Waals surface area contributed by atoms with Crippen molar-refractivity contribution in [1.29, 1.82) is 0 Å². The van der Waals surface area contributed by atoms with E-state index in [1.165, 1.54) is 0 Å². The molecule has 0 bridgehead atoms. The van der Waals surface area contributed by atoms with Crippen molar-refractivity contribution < 1.29 is 4.79 Å². The molecule has 1 aliphatic rings. The van der Waals surface area contributed by atoms with Crippen LogP contribution in [-0.4, -0.2) is 5.78 Å². The van der Waals surface area contributed by atoms with E-state index < -0.39 is 0 Å². The summed E-state index contributed by atoms with van der Waals surface area (Å²) in [5.74, 6) is 0.0866. The Morgan fingerprint density at radius 1 is 0.750 bits per heavy atom. The fraction of sp³-hybridized carbons (Fsp3) is 0.0455. The van der Waals surface area contributed by atoms with E-state index >= 15 is 0 Å². The zero-order valence-electron chi connectivity index (χ0n) is 13.4. The molecule has 24 heavy (non-hydrogen) atoms. The monoisotopic (exact) mass is 311 g/mol. The molecule has 3 aromatic rings. The highest BCUT2D eigenvalue weighted by molar-refractivity contribution is 6.19. The van der Waals surface area contributed by atoms with Crippen molar-refractivity contribution in [1.82, 2.24) is 0 Å². The predicted octanol–water partition coefficient (Wildman–Crippen LogP) is 4.93. The molecule has 2 N–H and O–H groups in total. The zero-order chi connectivity index (χ0) is 16.7. The van der Waals surface area contributed by atoms with Gasteiger partial charge < -0.3 is 5.73 Å². The molecule has 0 spiro atoms. The lowest BCUT2D eigenvalue weighted by Crippen LogP contribution is -2.14. The standard InChI is InChI=1S/C22H17NO/c1-2-17-18-5-3-4-6-20(18)22(24)21-13-15(9-12-19(17)21)14-7-10-16(23)11-8-14/h2-13H,23H2,1H3. The highest BCUT2D eigenvalue weighted by Crippen LogP contribution is 2.37. The van der Waals surface area contributed by atoms with Gasteiger partial charge in [-0.25, -0.2) is 0 Å². The summed E-state index contributed by atoms with van der Waals surface area (Å²) in [5, 5.41) is 0. The smallest absolute Gasteiger partial charge is 0.194 e. The Bertz CT molecular complexity index is 981. The fourth-order valence-corrected chi connectivity index (χ4v) is 3.34. The summed E-state index contributed by atoms with van der Waals surface area (Å²) in [6, 6.07) is 21.6. The van der Waals surface area contributed by atoms with Crippen LogP contribution in [0, 0.1) is 0 Å². The van der Waals surface area contributed by atoms with Crippen molar-refractivity contribution >= 4 is 17.0 Å². The van der Waals surface area contributed by atoms with E-state index in [2.05, 4.69) is 12.1 Å². The van der Waals surface area contributed by atoms with E-state index in [0.29, 0.717) is 0 Å². The first-order valence-electron chi connectivity index (χ1n) is 8.00. The fourth-order valence-electron chi connectivity index (χ4n) is 3.34. The van der Waals surface area contributed by atoms with Crippen molar-refractivity contribution in [2.24, 2.45) is 0 Å². The number of hydrogen-bond donors (Lipinski definition) is 1. The Morgan fingerprint density at radius 2 is 1.38 bits per heavy atom. The summed E-state index contributed by atoms with van der Waals surface area (Å²) in [7, 11) is 0. The number of anilines is 1. The Balaban J connectivity index is 1.91. The maximum atomic E-state index is 13.0. The number of carbonyl (C=O) groups excluding carboxylic acids is 1. The number of rotatable bonds is 1. The van der Waals surface area contributed by atoms with Crippen molar-refractivity contribution in [2.45, 2.75) is 6.92 Å². The van der Waals surface area contributed by atoms with Gasteiger partial charge in [0.15, 0.2) is 5.78 Å². The van der Waals surface area contributed by atoms with E-state index in [1.54, 1.807) is 0 Å². The summed E-state index contributed by atoms with van der Waals surface area (Å²) in [4.78, 5) is 13.0. The van der Waals surface area contributed by atoms with E-state index in [0.717, 1.165) is 44.6 Å². The van der Waals surface area contributed by atoms with Gasteiger partial charge in [-0.1, -0.05) is 54.6 Å². The van der Waals surface area contributed by atoms with Crippen LogP contribution in [0.15, 0.2) is 72.8 Å². The van der Waals surface area contributed by atoms with Gasteiger partial charge in [0.25, 0.3) is 0 Å². The van der Waals surface area contributed by atoms with Gasteiger partial charge in [-0.15, -0.1) is 0 Å². The second-order valence-corrected chi connectivity index (χ2v) is 5.96. The molecule has 0 saturated carbocycles. The Hall–Kier alpha value is -3.13. The molecule has 4 rings (SSSR count). The molecule has 0 saturated heterocycles. The number of nitrogens with two attached hydrogens (primary N) is 1. The normalized spacial score (nSPS) is 14.4. The van der Waals surface area contributed by atoms with E-state index in [-0.39, 0.29) is 5.78 Å². The zero-order valence-corrected chi connectivity index (χ0v) is 13.4. The van der Waals surface area contributed by atoms with Gasteiger partial charge in [0.2, 0.25) is 0 Å². The lowest BCUT2D eigenvalue weighted by atomic mass is 9.80. The first-order chi connectivity index (χ1) is 11.7.